The quantitative estimate of drug-likeness (QED) is 0.506. The van der Waals surface area contributed by atoms with E-state index in [1.165, 1.54) is 4.31 Å². The molecule has 176 valence electrons. The lowest BCUT2D eigenvalue weighted by Crippen LogP contribution is -2.39. The van der Waals surface area contributed by atoms with Crippen LogP contribution >= 0.6 is 0 Å². The Balaban J connectivity index is 1.84. The molecule has 1 heterocycles. The molecule has 8 nitrogen and oxygen atoms in total. The topological polar surface area (TPSA) is 77.5 Å². The van der Waals surface area contributed by atoms with Gasteiger partial charge in [0, 0.05) is 31.7 Å². The van der Waals surface area contributed by atoms with Crippen molar-refractivity contribution in [2.75, 3.05) is 60.7 Å². The Labute approximate surface area is 190 Å². The molecule has 2 aromatic carbocycles. The molecule has 0 N–H and O–H groups in total. The van der Waals surface area contributed by atoms with Crippen LogP contribution in [0.15, 0.2) is 47.4 Å². The number of methoxy groups -OCH3 is 3. The highest BCUT2D eigenvalue weighted by atomic mass is 32.2. The summed E-state index contributed by atoms with van der Waals surface area (Å²) in [5.74, 6) is 1.88. The van der Waals surface area contributed by atoms with Crippen molar-refractivity contribution in [3.63, 3.8) is 0 Å². The monoisotopic (exact) mass is 464 g/mol. The first kappa shape index (κ1) is 24.3. The van der Waals surface area contributed by atoms with Gasteiger partial charge in [-0.15, -0.1) is 0 Å². The van der Waals surface area contributed by atoms with Crippen LogP contribution in [0.3, 0.4) is 0 Å². The van der Waals surface area contributed by atoms with E-state index in [1.807, 2.05) is 6.07 Å². The van der Waals surface area contributed by atoms with Crippen molar-refractivity contribution in [2.45, 2.75) is 17.9 Å². The predicted molar refractivity (Wildman–Crippen MR) is 122 cm³/mol. The van der Waals surface area contributed by atoms with Crippen LogP contribution in [0.1, 0.15) is 12.0 Å². The fourth-order valence-electron chi connectivity index (χ4n) is 3.67. The first-order valence-electron chi connectivity index (χ1n) is 10.6. The zero-order valence-electron chi connectivity index (χ0n) is 19.0. The SMILES string of the molecule is COc1ccc(S(=O)(=O)N(CCCN2CCOCC2)Cc2cc(OC)ccc2OC)cc1. The molecule has 1 saturated heterocycles. The molecule has 9 heteroatoms. The number of rotatable bonds is 11. The van der Waals surface area contributed by atoms with E-state index >= 15 is 0 Å². The van der Waals surface area contributed by atoms with Gasteiger partial charge in [-0.3, -0.25) is 4.90 Å². The molecule has 0 amide bonds. The normalized spacial score (nSPS) is 15.0. The molecule has 0 aromatic heterocycles. The van der Waals surface area contributed by atoms with Gasteiger partial charge in [-0.25, -0.2) is 8.42 Å². The lowest BCUT2D eigenvalue weighted by atomic mass is 10.2. The molecule has 1 aliphatic heterocycles. The lowest BCUT2D eigenvalue weighted by molar-refractivity contribution is 0.0368. The van der Waals surface area contributed by atoms with E-state index in [4.69, 9.17) is 18.9 Å². The van der Waals surface area contributed by atoms with Gasteiger partial charge in [-0.2, -0.15) is 4.31 Å². The van der Waals surface area contributed by atoms with Crippen molar-refractivity contribution in [1.29, 1.82) is 0 Å². The van der Waals surface area contributed by atoms with Crippen molar-refractivity contribution in [3.05, 3.63) is 48.0 Å². The highest BCUT2D eigenvalue weighted by Gasteiger charge is 2.26. The summed E-state index contributed by atoms with van der Waals surface area (Å²) in [7, 11) is 0.977. The molecule has 3 rings (SSSR count). The number of benzene rings is 2. The maximum atomic E-state index is 13.6. The van der Waals surface area contributed by atoms with Gasteiger partial charge in [0.25, 0.3) is 0 Å². The minimum absolute atomic E-state index is 0.178. The Morgan fingerprint density at radius 2 is 1.59 bits per heavy atom. The second kappa shape index (κ2) is 11.5. The van der Waals surface area contributed by atoms with Crippen molar-refractivity contribution in [3.8, 4) is 17.2 Å². The molecule has 0 unspecified atom stereocenters. The molecule has 0 spiro atoms. The van der Waals surface area contributed by atoms with Crippen LogP contribution < -0.4 is 14.2 Å². The van der Waals surface area contributed by atoms with Gasteiger partial charge < -0.3 is 18.9 Å². The summed E-state index contributed by atoms with van der Waals surface area (Å²) >= 11 is 0. The van der Waals surface area contributed by atoms with E-state index in [0.29, 0.717) is 30.2 Å². The van der Waals surface area contributed by atoms with E-state index in [9.17, 15) is 8.42 Å². The summed E-state index contributed by atoms with van der Waals surface area (Å²) in [5.41, 5.74) is 0.746. The second-order valence-corrected chi connectivity index (χ2v) is 9.44. The van der Waals surface area contributed by atoms with Crippen molar-refractivity contribution >= 4 is 10.0 Å². The minimum atomic E-state index is -3.73. The number of hydrogen-bond donors (Lipinski definition) is 0. The van der Waals surface area contributed by atoms with E-state index in [1.54, 1.807) is 57.7 Å². The molecule has 2 aromatic rings. The Morgan fingerprint density at radius 1 is 0.938 bits per heavy atom. The Bertz CT molecular complexity index is 959. The summed E-state index contributed by atoms with van der Waals surface area (Å²) in [6.45, 7) is 4.55. The zero-order chi connectivity index (χ0) is 23.0. The number of nitrogens with zero attached hydrogens (tertiary/aromatic N) is 2. The number of ether oxygens (including phenoxy) is 4. The third-order valence-electron chi connectivity index (χ3n) is 5.52. The first-order chi connectivity index (χ1) is 15.5. The van der Waals surface area contributed by atoms with Gasteiger partial charge >= 0.3 is 0 Å². The minimum Gasteiger partial charge on any atom is -0.497 e. The Hall–Kier alpha value is -2.33. The van der Waals surface area contributed by atoms with E-state index in [0.717, 1.165) is 38.4 Å². The van der Waals surface area contributed by atoms with Crippen LogP contribution in [0, 0.1) is 0 Å². The zero-order valence-corrected chi connectivity index (χ0v) is 19.8. The molecule has 32 heavy (non-hydrogen) atoms. The van der Waals surface area contributed by atoms with Gasteiger partial charge in [0.2, 0.25) is 10.0 Å². The maximum absolute atomic E-state index is 13.6. The van der Waals surface area contributed by atoms with Crippen LogP contribution in [-0.2, 0) is 21.3 Å². The van der Waals surface area contributed by atoms with Crippen LogP contribution in [0.25, 0.3) is 0 Å². The molecule has 0 radical (unpaired) electrons. The fraction of sp³-hybridized carbons (Fsp3) is 0.478. The molecule has 0 bridgehead atoms. The molecular formula is C23H32N2O6S. The van der Waals surface area contributed by atoms with Gasteiger partial charge in [0.15, 0.2) is 0 Å². The number of morpholine rings is 1. The molecule has 1 aliphatic rings. The predicted octanol–water partition coefficient (Wildman–Crippen LogP) is 2.63. The van der Waals surface area contributed by atoms with E-state index < -0.39 is 10.0 Å². The van der Waals surface area contributed by atoms with Crippen LogP contribution in [0.5, 0.6) is 17.2 Å². The van der Waals surface area contributed by atoms with Crippen LogP contribution in [-0.4, -0.2) is 78.3 Å². The summed E-state index contributed by atoms with van der Waals surface area (Å²) in [6.07, 6.45) is 0.710. The average molecular weight is 465 g/mol. The van der Waals surface area contributed by atoms with E-state index in [2.05, 4.69) is 4.90 Å². The van der Waals surface area contributed by atoms with Gasteiger partial charge in [-0.05, 0) is 55.4 Å². The van der Waals surface area contributed by atoms with Crippen molar-refractivity contribution < 1.29 is 27.4 Å². The smallest absolute Gasteiger partial charge is 0.243 e. The van der Waals surface area contributed by atoms with Gasteiger partial charge in [0.05, 0.1) is 39.4 Å². The maximum Gasteiger partial charge on any atom is 0.243 e. The Morgan fingerprint density at radius 3 is 2.22 bits per heavy atom. The summed E-state index contributed by atoms with van der Waals surface area (Å²) < 4.78 is 50.0. The van der Waals surface area contributed by atoms with Gasteiger partial charge in [-0.1, -0.05) is 0 Å². The molecule has 0 saturated carbocycles. The van der Waals surface area contributed by atoms with Gasteiger partial charge in [0.1, 0.15) is 17.2 Å². The molecule has 0 aliphatic carbocycles. The van der Waals surface area contributed by atoms with E-state index in [-0.39, 0.29) is 11.4 Å². The summed E-state index contributed by atoms with van der Waals surface area (Å²) in [5, 5.41) is 0. The third-order valence-corrected chi connectivity index (χ3v) is 7.38. The second-order valence-electron chi connectivity index (χ2n) is 7.50. The average Bonchev–Trinajstić information content (AvgIpc) is 2.84. The largest absolute Gasteiger partial charge is 0.497 e. The number of hydrogen-bond acceptors (Lipinski definition) is 7. The van der Waals surface area contributed by atoms with Crippen LogP contribution in [0.2, 0.25) is 0 Å². The molecule has 1 fully saturated rings. The standard InChI is InChI=1S/C23H32N2O6S/c1-28-20-5-8-22(9-6-20)32(26,27)25(12-4-11-24-13-15-31-16-14-24)18-19-17-21(29-2)7-10-23(19)30-3/h5-10,17H,4,11-16,18H2,1-3H3. The first-order valence-corrected chi connectivity index (χ1v) is 12.1. The fourth-order valence-corrected chi connectivity index (χ4v) is 5.13. The number of sulfonamides is 1. The lowest BCUT2D eigenvalue weighted by Gasteiger charge is -2.28. The summed E-state index contributed by atoms with van der Waals surface area (Å²) in [4.78, 5) is 2.53. The van der Waals surface area contributed by atoms with Crippen molar-refractivity contribution in [2.24, 2.45) is 0 Å². The van der Waals surface area contributed by atoms with Crippen molar-refractivity contribution in [1.82, 2.24) is 9.21 Å². The van der Waals surface area contributed by atoms with Crippen LogP contribution in [0.4, 0.5) is 0 Å². The third kappa shape index (κ3) is 6.13. The Kier molecular flexibility index (Phi) is 8.75. The summed E-state index contributed by atoms with van der Waals surface area (Å²) in [6, 6.07) is 11.9. The molecule has 0 atom stereocenters. The molecular weight excluding hydrogens is 432 g/mol. The highest BCUT2D eigenvalue weighted by Crippen LogP contribution is 2.28. The highest BCUT2D eigenvalue weighted by molar-refractivity contribution is 7.89.